The number of hydrogen-bond donors (Lipinski definition) is 2. The predicted octanol–water partition coefficient (Wildman–Crippen LogP) is 0.235. The number of aromatic nitrogens is 2. The third-order valence-corrected chi connectivity index (χ3v) is 1.25. The monoisotopic (exact) mass is 139 g/mol. The summed E-state index contributed by atoms with van der Waals surface area (Å²) in [4.78, 5) is 3.82. The smallest absolute Gasteiger partial charge is 0.104 e. The quantitative estimate of drug-likeness (QED) is 0.547. The standard InChI is InChI=1S/C6H9N3O/c1-9-4-8-2-6(9)5(7)3-10/h2-4,10H,7H2,1H3/b5-3-. The molecule has 4 nitrogen and oxygen atoms in total. The average molecular weight is 139 g/mol. The maximum absolute atomic E-state index is 8.50. The lowest BCUT2D eigenvalue weighted by Gasteiger charge is -1.98. The van der Waals surface area contributed by atoms with Gasteiger partial charge in [0.15, 0.2) is 0 Å². The predicted molar refractivity (Wildman–Crippen MR) is 38.0 cm³/mol. The number of rotatable bonds is 1. The van der Waals surface area contributed by atoms with Crippen LogP contribution in [0, 0.1) is 0 Å². The molecular formula is C6H9N3O. The van der Waals surface area contributed by atoms with Gasteiger partial charge in [0.25, 0.3) is 0 Å². The summed E-state index contributed by atoms with van der Waals surface area (Å²) < 4.78 is 1.72. The lowest BCUT2D eigenvalue weighted by Crippen LogP contribution is -2.01. The van der Waals surface area contributed by atoms with E-state index in [1.807, 2.05) is 0 Å². The molecule has 1 aromatic heterocycles. The lowest BCUT2D eigenvalue weighted by atomic mass is 10.4. The first-order chi connectivity index (χ1) is 4.75. The van der Waals surface area contributed by atoms with Crippen molar-refractivity contribution < 1.29 is 5.11 Å². The molecule has 0 unspecified atom stereocenters. The summed E-state index contributed by atoms with van der Waals surface area (Å²) in [6, 6.07) is 0. The highest BCUT2D eigenvalue weighted by atomic mass is 16.2. The van der Waals surface area contributed by atoms with Gasteiger partial charge in [-0.1, -0.05) is 0 Å². The van der Waals surface area contributed by atoms with Crippen LogP contribution < -0.4 is 5.73 Å². The second-order valence-electron chi connectivity index (χ2n) is 1.97. The molecule has 0 bridgehead atoms. The van der Waals surface area contributed by atoms with Crippen molar-refractivity contribution in [2.75, 3.05) is 0 Å². The van der Waals surface area contributed by atoms with Gasteiger partial charge in [-0.05, 0) is 0 Å². The van der Waals surface area contributed by atoms with Gasteiger partial charge in [-0.3, -0.25) is 0 Å². The Hall–Kier alpha value is -1.45. The van der Waals surface area contributed by atoms with E-state index >= 15 is 0 Å². The minimum absolute atomic E-state index is 0.319. The largest absolute Gasteiger partial charge is 0.513 e. The molecule has 0 radical (unpaired) electrons. The molecule has 1 heterocycles. The van der Waals surface area contributed by atoms with Crippen LogP contribution in [-0.2, 0) is 7.05 Å². The first kappa shape index (κ1) is 6.67. The highest BCUT2D eigenvalue weighted by Gasteiger charge is 1.99. The Morgan fingerprint density at radius 1 is 1.90 bits per heavy atom. The average Bonchev–Trinajstić information content (AvgIpc) is 2.34. The van der Waals surface area contributed by atoms with E-state index in [4.69, 9.17) is 10.8 Å². The molecule has 3 N–H and O–H groups in total. The molecule has 0 atom stereocenters. The Morgan fingerprint density at radius 2 is 2.60 bits per heavy atom. The molecule has 0 spiro atoms. The molecule has 54 valence electrons. The number of aliphatic hydroxyl groups is 1. The second-order valence-corrected chi connectivity index (χ2v) is 1.97. The van der Waals surface area contributed by atoms with Gasteiger partial charge in [-0.15, -0.1) is 0 Å². The lowest BCUT2D eigenvalue weighted by molar-refractivity contribution is 0.474. The molecule has 0 saturated heterocycles. The molecule has 0 aliphatic carbocycles. The van der Waals surface area contributed by atoms with Crippen LogP contribution in [0.3, 0.4) is 0 Å². The molecule has 4 heteroatoms. The summed E-state index contributed by atoms with van der Waals surface area (Å²) in [6.45, 7) is 0. The van der Waals surface area contributed by atoms with Gasteiger partial charge in [-0.2, -0.15) is 0 Å². The summed E-state index contributed by atoms with van der Waals surface area (Å²) in [5.41, 5.74) is 6.42. The Balaban J connectivity index is 3.05. The van der Waals surface area contributed by atoms with Crippen LogP contribution in [0.15, 0.2) is 18.8 Å². The Kier molecular flexibility index (Phi) is 1.62. The van der Waals surface area contributed by atoms with E-state index in [0.29, 0.717) is 11.4 Å². The van der Waals surface area contributed by atoms with Crippen LogP contribution >= 0.6 is 0 Å². The van der Waals surface area contributed by atoms with Crippen molar-refractivity contribution in [2.45, 2.75) is 0 Å². The van der Waals surface area contributed by atoms with Gasteiger partial charge in [0.05, 0.1) is 23.9 Å². The van der Waals surface area contributed by atoms with E-state index < -0.39 is 0 Å². The molecular weight excluding hydrogens is 130 g/mol. The van der Waals surface area contributed by atoms with Crippen LogP contribution in [0.25, 0.3) is 5.70 Å². The molecule has 10 heavy (non-hydrogen) atoms. The van der Waals surface area contributed by atoms with Gasteiger partial charge in [0.1, 0.15) is 6.26 Å². The van der Waals surface area contributed by atoms with Crippen molar-refractivity contribution in [3.8, 4) is 0 Å². The zero-order chi connectivity index (χ0) is 7.56. The van der Waals surface area contributed by atoms with Gasteiger partial charge >= 0.3 is 0 Å². The minimum atomic E-state index is 0.319. The Bertz CT molecular complexity index is 251. The van der Waals surface area contributed by atoms with E-state index in [-0.39, 0.29) is 0 Å². The van der Waals surface area contributed by atoms with Gasteiger partial charge in [-0.25, -0.2) is 4.98 Å². The van der Waals surface area contributed by atoms with Crippen molar-refractivity contribution in [3.63, 3.8) is 0 Å². The minimum Gasteiger partial charge on any atom is -0.513 e. The van der Waals surface area contributed by atoms with Gasteiger partial charge in [0, 0.05) is 7.05 Å². The Morgan fingerprint density at radius 3 is 3.00 bits per heavy atom. The van der Waals surface area contributed by atoms with Crippen LogP contribution in [0.5, 0.6) is 0 Å². The normalized spacial score (nSPS) is 11.9. The maximum atomic E-state index is 8.50. The molecule has 0 aromatic carbocycles. The van der Waals surface area contributed by atoms with Crippen molar-refractivity contribution in [3.05, 3.63) is 24.5 Å². The van der Waals surface area contributed by atoms with E-state index in [9.17, 15) is 0 Å². The summed E-state index contributed by atoms with van der Waals surface area (Å²) in [6.07, 6.45) is 4.06. The topological polar surface area (TPSA) is 64.1 Å². The molecule has 0 amide bonds. The van der Waals surface area contributed by atoms with Crippen LogP contribution in [-0.4, -0.2) is 14.7 Å². The number of nitrogens with two attached hydrogens (primary N) is 1. The third kappa shape index (κ3) is 0.953. The fourth-order valence-corrected chi connectivity index (χ4v) is 0.702. The summed E-state index contributed by atoms with van der Waals surface area (Å²) in [5, 5.41) is 8.50. The van der Waals surface area contributed by atoms with Gasteiger partial charge < -0.3 is 15.4 Å². The summed E-state index contributed by atoms with van der Waals surface area (Å²) in [7, 11) is 1.80. The molecule has 1 aromatic rings. The summed E-state index contributed by atoms with van der Waals surface area (Å²) in [5.74, 6) is 0. The maximum Gasteiger partial charge on any atom is 0.104 e. The zero-order valence-corrected chi connectivity index (χ0v) is 5.65. The Labute approximate surface area is 58.6 Å². The van der Waals surface area contributed by atoms with Crippen molar-refractivity contribution in [1.29, 1.82) is 0 Å². The number of imidazole rings is 1. The fraction of sp³-hybridized carbons (Fsp3) is 0.167. The van der Waals surface area contributed by atoms with E-state index in [0.717, 1.165) is 6.26 Å². The molecule has 0 fully saturated rings. The highest BCUT2D eigenvalue weighted by molar-refractivity contribution is 5.57. The number of aryl methyl sites for hydroxylation is 1. The van der Waals surface area contributed by atoms with Crippen molar-refractivity contribution in [1.82, 2.24) is 9.55 Å². The van der Waals surface area contributed by atoms with Crippen LogP contribution in [0.2, 0.25) is 0 Å². The third-order valence-electron chi connectivity index (χ3n) is 1.25. The molecule has 0 aliphatic rings. The van der Waals surface area contributed by atoms with Crippen molar-refractivity contribution in [2.24, 2.45) is 12.8 Å². The van der Waals surface area contributed by atoms with E-state index in [1.165, 1.54) is 0 Å². The fourth-order valence-electron chi connectivity index (χ4n) is 0.702. The first-order valence-corrected chi connectivity index (χ1v) is 2.82. The van der Waals surface area contributed by atoms with Crippen molar-refractivity contribution >= 4 is 5.70 Å². The highest BCUT2D eigenvalue weighted by Crippen LogP contribution is 2.04. The number of aliphatic hydroxyl groups excluding tert-OH is 1. The van der Waals surface area contributed by atoms with E-state index in [2.05, 4.69) is 4.98 Å². The number of hydrogen-bond acceptors (Lipinski definition) is 3. The first-order valence-electron chi connectivity index (χ1n) is 2.82. The molecule has 1 rings (SSSR count). The zero-order valence-electron chi connectivity index (χ0n) is 5.65. The number of nitrogens with zero attached hydrogens (tertiary/aromatic N) is 2. The second kappa shape index (κ2) is 2.43. The van der Waals surface area contributed by atoms with E-state index in [1.54, 1.807) is 24.1 Å². The van der Waals surface area contributed by atoms with Crippen LogP contribution in [0.1, 0.15) is 5.69 Å². The SMILES string of the molecule is Cn1cncc1/C(N)=C/O. The van der Waals surface area contributed by atoms with Gasteiger partial charge in [0.2, 0.25) is 0 Å². The van der Waals surface area contributed by atoms with Crippen LogP contribution in [0.4, 0.5) is 0 Å². The summed E-state index contributed by atoms with van der Waals surface area (Å²) >= 11 is 0. The molecule has 0 aliphatic heterocycles. The molecule has 0 saturated carbocycles.